The van der Waals surface area contributed by atoms with Gasteiger partial charge in [-0.3, -0.25) is 0 Å². The summed E-state index contributed by atoms with van der Waals surface area (Å²) in [7, 11) is -3.07. The van der Waals surface area contributed by atoms with Crippen molar-refractivity contribution in [1.29, 1.82) is 0 Å². The van der Waals surface area contributed by atoms with Gasteiger partial charge in [0.1, 0.15) is 0 Å². The van der Waals surface area contributed by atoms with Crippen molar-refractivity contribution in [3.05, 3.63) is 36.0 Å². The highest BCUT2D eigenvalue weighted by atomic mass is 32.2. The van der Waals surface area contributed by atoms with Crippen LogP contribution in [0.4, 0.5) is 0 Å². The van der Waals surface area contributed by atoms with Crippen LogP contribution in [0.15, 0.2) is 30.5 Å². The number of nitrogens with zero attached hydrogens (tertiary/aromatic N) is 1. The molecule has 0 spiro atoms. The first kappa shape index (κ1) is 13.6. The third kappa shape index (κ3) is 2.78. The zero-order chi connectivity index (χ0) is 14.0. The SMILES string of the molecule is CCS(=O)(=O)CCn1cc(C(=O)O)c2ccccc21. The number of fused-ring (bicyclic) bond motifs is 1. The van der Waals surface area contributed by atoms with Crippen LogP contribution in [0.2, 0.25) is 0 Å². The molecule has 0 atom stereocenters. The molecule has 5 nitrogen and oxygen atoms in total. The van der Waals surface area contributed by atoms with Gasteiger partial charge in [0.25, 0.3) is 0 Å². The highest BCUT2D eigenvalue weighted by Gasteiger charge is 2.15. The Bertz CT molecular complexity index is 715. The molecule has 102 valence electrons. The molecular weight excluding hydrogens is 266 g/mol. The van der Waals surface area contributed by atoms with Gasteiger partial charge in [-0.2, -0.15) is 0 Å². The molecule has 0 fully saturated rings. The Morgan fingerprint density at radius 2 is 2.00 bits per heavy atom. The van der Waals surface area contributed by atoms with E-state index in [1.165, 1.54) is 6.20 Å². The van der Waals surface area contributed by atoms with Gasteiger partial charge >= 0.3 is 5.97 Å². The number of carboxylic acid groups (broad SMARTS) is 1. The lowest BCUT2D eigenvalue weighted by atomic mass is 10.2. The summed E-state index contributed by atoms with van der Waals surface area (Å²) >= 11 is 0. The van der Waals surface area contributed by atoms with E-state index >= 15 is 0 Å². The van der Waals surface area contributed by atoms with Crippen LogP contribution in [-0.2, 0) is 16.4 Å². The largest absolute Gasteiger partial charge is 0.478 e. The van der Waals surface area contributed by atoms with Gasteiger partial charge in [0, 0.05) is 29.4 Å². The molecule has 0 aliphatic rings. The predicted octanol–water partition coefficient (Wildman–Crippen LogP) is 1.77. The fourth-order valence-electron chi connectivity index (χ4n) is 1.98. The van der Waals surface area contributed by atoms with Gasteiger partial charge in [0.05, 0.1) is 11.3 Å². The Hall–Kier alpha value is -1.82. The molecular formula is C13H15NO4S. The number of sulfone groups is 1. The normalized spacial score (nSPS) is 11.8. The van der Waals surface area contributed by atoms with Crippen LogP contribution in [-0.4, -0.2) is 35.6 Å². The highest BCUT2D eigenvalue weighted by molar-refractivity contribution is 7.91. The third-order valence-corrected chi connectivity index (χ3v) is 4.79. The summed E-state index contributed by atoms with van der Waals surface area (Å²) < 4.78 is 24.7. The number of aromatic carboxylic acids is 1. The molecule has 19 heavy (non-hydrogen) atoms. The van der Waals surface area contributed by atoms with Gasteiger partial charge in [0.2, 0.25) is 0 Å². The van der Waals surface area contributed by atoms with E-state index in [2.05, 4.69) is 0 Å². The number of aryl methyl sites for hydroxylation is 1. The molecule has 0 bridgehead atoms. The molecule has 0 aliphatic heterocycles. The maximum Gasteiger partial charge on any atom is 0.337 e. The summed E-state index contributed by atoms with van der Waals surface area (Å²) in [6.07, 6.45) is 1.50. The van der Waals surface area contributed by atoms with Gasteiger partial charge < -0.3 is 9.67 Å². The monoisotopic (exact) mass is 281 g/mol. The van der Waals surface area contributed by atoms with Crippen molar-refractivity contribution >= 4 is 26.7 Å². The molecule has 1 aromatic carbocycles. The maximum atomic E-state index is 11.5. The second-order valence-corrected chi connectivity index (χ2v) is 6.77. The summed E-state index contributed by atoms with van der Waals surface area (Å²) in [5.41, 5.74) is 0.940. The highest BCUT2D eigenvalue weighted by Crippen LogP contribution is 2.21. The van der Waals surface area contributed by atoms with E-state index in [-0.39, 0.29) is 23.6 Å². The molecule has 0 saturated heterocycles. The zero-order valence-corrected chi connectivity index (χ0v) is 11.4. The molecule has 1 heterocycles. The topological polar surface area (TPSA) is 76.4 Å². The average Bonchev–Trinajstić information content (AvgIpc) is 2.76. The van der Waals surface area contributed by atoms with Crippen molar-refractivity contribution in [3.63, 3.8) is 0 Å². The molecule has 0 aliphatic carbocycles. The van der Waals surface area contributed by atoms with Crippen LogP contribution in [0, 0.1) is 0 Å². The number of aromatic nitrogens is 1. The van der Waals surface area contributed by atoms with Crippen LogP contribution in [0.1, 0.15) is 17.3 Å². The van der Waals surface area contributed by atoms with Crippen molar-refractivity contribution in [2.75, 3.05) is 11.5 Å². The molecule has 2 rings (SSSR count). The molecule has 0 amide bonds. The average molecular weight is 281 g/mol. The van der Waals surface area contributed by atoms with Gasteiger partial charge in [-0.1, -0.05) is 25.1 Å². The standard InChI is InChI=1S/C13H15NO4S/c1-2-19(17,18)8-7-14-9-11(13(15)16)10-5-3-4-6-12(10)14/h3-6,9H,2,7-8H2,1H3,(H,15,16). The van der Waals surface area contributed by atoms with Gasteiger partial charge in [-0.25, -0.2) is 13.2 Å². The number of benzene rings is 1. The van der Waals surface area contributed by atoms with Crippen LogP contribution >= 0.6 is 0 Å². The first-order valence-corrected chi connectivity index (χ1v) is 7.78. The Morgan fingerprint density at radius 3 is 2.63 bits per heavy atom. The van der Waals surface area contributed by atoms with Crippen LogP contribution < -0.4 is 0 Å². The van der Waals surface area contributed by atoms with Gasteiger partial charge in [-0.05, 0) is 6.07 Å². The number of rotatable bonds is 5. The van der Waals surface area contributed by atoms with Crippen molar-refractivity contribution in [2.24, 2.45) is 0 Å². The van der Waals surface area contributed by atoms with Gasteiger partial charge in [-0.15, -0.1) is 0 Å². The molecule has 6 heteroatoms. The first-order chi connectivity index (χ1) is 8.94. The fourth-order valence-corrected chi connectivity index (χ4v) is 2.75. The molecule has 2 aromatic rings. The van der Waals surface area contributed by atoms with E-state index in [1.807, 2.05) is 0 Å². The van der Waals surface area contributed by atoms with E-state index in [0.717, 1.165) is 5.52 Å². The Kier molecular flexibility index (Phi) is 3.61. The summed E-state index contributed by atoms with van der Waals surface area (Å²) in [6.45, 7) is 1.87. The molecule has 0 saturated carbocycles. The van der Waals surface area contributed by atoms with Crippen LogP contribution in [0.25, 0.3) is 10.9 Å². The molecule has 0 unspecified atom stereocenters. The third-order valence-electron chi connectivity index (χ3n) is 3.10. The number of hydrogen-bond donors (Lipinski definition) is 1. The van der Waals surface area contributed by atoms with Crippen LogP contribution in [0.5, 0.6) is 0 Å². The van der Waals surface area contributed by atoms with E-state index in [9.17, 15) is 13.2 Å². The van der Waals surface area contributed by atoms with Crippen molar-refractivity contribution in [3.8, 4) is 0 Å². The molecule has 1 aromatic heterocycles. The number of hydrogen-bond acceptors (Lipinski definition) is 3. The summed E-state index contributed by atoms with van der Waals surface area (Å²) in [5.74, 6) is -0.896. The Morgan fingerprint density at radius 1 is 1.32 bits per heavy atom. The smallest absolute Gasteiger partial charge is 0.337 e. The summed E-state index contributed by atoms with van der Waals surface area (Å²) in [5, 5.41) is 9.77. The Labute approximate surface area is 111 Å². The minimum atomic E-state index is -3.07. The van der Waals surface area contributed by atoms with Crippen LogP contribution in [0.3, 0.4) is 0 Å². The second-order valence-electron chi connectivity index (χ2n) is 4.29. The van der Waals surface area contributed by atoms with E-state index in [4.69, 9.17) is 5.11 Å². The van der Waals surface area contributed by atoms with Gasteiger partial charge in [0.15, 0.2) is 9.84 Å². The molecule has 1 N–H and O–H groups in total. The zero-order valence-electron chi connectivity index (χ0n) is 10.5. The lowest BCUT2D eigenvalue weighted by Crippen LogP contribution is -2.14. The number of para-hydroxylation sites is 1. The van der Waals surface area contributed by atoms with Crippen molar-refractivity contribution in [2.45, 2.75) is 13.5 Å². The summed E-state index contributed by atoms with van der Waals surface area (Å²) in [6, 6.07) is 7.09. The minimum absolute atomic E-state index is 0.0151. The quantitative estimate of drug-likeness (QED) is 0.906. The summed E-state index contributed by atoms with van der Waals surface area (Å²) in [4.78, 5) is 11.2. The minimum Gasteiger partial charge on any atom is -0.478 e. The number of carboxylic acids is 1. The first-order valence-electron chi connectivity index (χ1n) is 5.96. The maximum absolute atomic E-state index is 11.5. The predicted molar refractivity (Wildman–Crippen MR) is 73.2 cm³/mol. The van der Waals surface area contributed by atoms with E-state index in [1.54, 1.807) is 35.8 Å². The van der Waals surface area contributed by atoms with E-state index < -0.39 is 15.8 Å². The fraction of sp³-hybridized carbons (Fsp3) is 0.308. The lowest BCUT2D eigenvalue weighted by molar-refractivity contribution is 0.0699. The second kappa shape index (κ2) is 5.05. The van der Waals surface area contributed by atoms with E-state index in [0.29, 0.717) is 5.39 Å². The van der Waals surface area contributed by atoms with Crippen molar-refractivity contribution < 1.29 is 18.3 Å². The Balaban J connectivity index is 2.41. The molecule has 0 radical (unpaired) electrons. The van der Waals surface area contributed by atoms with Crippen molar-refractivity contribution in [1.82, 2.24) is 4.57 Å². The lowest BCUT2D eigenvalue weighted by Gasteiger charge is -2.05. The number of carbonyl (C=O) groups is 1.